The molecule has 0 unspecified atom stereocenters. The number of nitrogens with zero attached hydrogens (tertiary/aromatic N) is 2. The Bertz CT molecular complexity index is 596. The van der Waals surface area contributed by atoms with Gasteiger partial charge in [0.05, 0.1) is 6.61 Å². The molecule has 6 heteroatoms. The first-order valence-electron chi connectivity index (χ1n) is 6.05. The number of aliphatic hydroxyl groups is 1. The van der Waals surface area contributed by atoms with Crippen molar-refractivity contribution in [2.75, 3.05) is 0 Å². The van der Waals surface area contributed by atoms with E-state index in [1.165, 1.54) is 17.8 Å². The zero-order valence-corrected chi connectivity index (χ0v) is 11.4. The predicted molar refractivity (Wildman–Crippen MR) is 73.1 cm³/mol. The van der Waals surface area contributed by atoms with Crippen molar-refractivity contribution < 1.29 is 5.11 Å². The summed E-state index contributed by atoms with van der Waals surface area (Å²) in [5.41, 5.74) is 1.40. The Morgan fingerprint density at radius 1 is 1.42 bits per heavy atom. The monoisotopic (exact) mass is 277 g/mol. The van der Waals surface area contributed by atoms with Crippen LogP contribution in [0.2, 0.25) is 0 Å². The highest BCUT2D eigenvalue weighted by Crippen LogP contribution is 2.21. The van der Waals surface area contributed by atoms with E-state index < -0.39 is 0 Å². The molecule has 0 saturated carbocycles. The lowest BCUT2D eigenvalue weighted by Crippen LogP contribution is -2.09. The van der Waals surface area contributed by atoms with Crippen LogP contribution >= 0.6 is 11.8 Å². The number of nitrogens with one attached hydrogen (secondary N) is 1. The Balaban J connectivity index is 2.19. The van der Waals surface area contributed by atoms with Crippen LogP contribution in [0.5, 0.6) is 0 Å². The Kier molecular flexibility index (Phi) is 4.70. The number of aromatic amines is 1. The first-order chi connectivity index (χ1) is 9.21. The second-order valence-electron chi connectivity index (χ2n) is 4.06. The van der Waals surface area contributed by atoms with Crippen molar-refractivity contribution in [2.24, 2.45) is 0 Å². The minimum atomic E-state index is -0.145. The van der Waals surface area contributed by atoms with E-state index in [0.717, 1.165) is 29.1 Å². The Labute approximate surface area is 115 Å². The molecule has 0 aliphatic heterocycles. The van der Waals surface area contributed by atoms with Gasteiger partial charge in [0.15, 0.2) is 5.16 Å². The molecule has 0 bridgehead atoms. The third kappa shape index (κ3) is 3.90. The van der Waals surface area contributed by atoms with Gasteiger partial charge in [-0.1, -0.05) is 19.4 Å². The summed E-state index contributed by atoms with van der Waals surface area (Å²) in [6.07, 6.45) is 3.34. The summed E-state index contributed by atoms with van der Waals surface area (Å²) >= 11 is 1.30. The zero-order valence-electron chi connectivity index (χ0n) is 10.6. The quantitative estimate of drug-likeness (QED) is 0.814. The van der Waals surface area contributed by atoms with Crippen LogP contribution in [0, 0.1) is 0 Å². The molecule has 100 valence electrons. The van der Waals surface area contributed by atoms with Gasteiger partial charge >= 0.3 is 0 Å². The highest BCUT2D eigenvalue weighted by atomic mass is 32.2. The van der Waals surface area contributed by atoms with Crippen molar-refractivity contribution >= 4 is 11.8 Å². The fourth-order valence-corrected chi connectivity index (χ4v) is 2.33. The summed E-state index contributed by atoms with van der Waals surface area (Å²) in [5, 5.41) is 10.2. The largest absolute Gasteiger partial charge is 0.392 e. The molecular weight excluding hydrogens is 262 g/mol. The third-order valence-corrected chi connectivity index (χ3v) is 3.30. The number of hydrogen-bond acceptors (Lipinski definition) is 5. The molecule has 2 N–H and O–H groups in total. The lowest BCUT2D eigenvalue weighted by Gasteiger charge is -2.03. The molecular formula is C13H15N3O2S. The molecule has 2 aromatic heterocycles. The third-order valence-electron chi connectivity index (χ3n) is 2.46. The van der Waals surface area contributed by atoms with Gasteiger partial charge in [-0.3, -0.25) is 4.79 Å². The Hall–Kier alpha value is -1.66. The van der Waals surface area contributed by atoms with Gasteiger partial charge in [-0.2, -0.15) is 0 Å². The lowest BCUT2D eigenvalue weighted by molar-refractivity contribution is 0.281. The van der Waals surface area contributed by atoms with E-state index in [0.29, 0.717) is 5.16 Å². The van der Waals surface area contributed by atoms with Crippen molar-refractivity contribution in [1.82, 2.24) is 15.0 Å². The van der Waals surface area contributed by atoms with Crippen LogP contribution < -0.4 is 5.56 Å². The average Bonchev–Trinajstić information content (AvgIpc) is 2.39. The van der Waals surface area contributed by atoms with Gasteiger partial charge in [0.1, 0.15) is 5.03 Å². The number of aliphatic hydroxyl groups excluding tert-OH is 1. The van der Waals surface area contributed by atoms with Crippen LogP contribution in [0.25, 0.3) is 0 Å². The van der Waals surface area contributed by atoms with Crippen molar-refractivity contribution in [3.05, 3.63) is 46.0 Å². The second-order valence-corrected chi connectivity index (χ2v) is 5.07. The fraction of sp³-hybridized carbons (Fsp3) is 0.308. The number of aryl methyl sites for hydroxylation is 1. The number of hydrogen-bond donors (Lipinski definition) is 2. The van der Waals surface area contributed by atoms with Gasteiger partial charge in [0.25, 0.3) is 5.56 Å². The summed E-state index contributed by atoms with van der Waals surface area (Å²) < 4.78 is 0. The van der Waals surface area contributed by atoms with Crippen molar-refractivity contribution in [2.45, 2.75) is 36.6 Å². The smallest absolute Gasteiger partial charge is 0.251 e. The van der Waals surface area contributed by atoms with Crippen LogP contribution in [-0.4, -0.2) is 20.1 Å². The molecule has 2 rings (SSSR count). The number of aromatic nitrogens is 3. The number of H-pyrrole nitrogens is 1. The van der Waals surface area contributed by atoms with Gasteiger partial charge in [0.2, 0.25) is 0 Å². The normalized spacial score (nSPS) is 10.6. The van der Waals surface area contributed by atoms with Crippen molar-refractivity contribution in [1.29, 1.82) is 0 Å². The second kappa shape index (κ2) is 6.49. The maximum absolute atomic E-state index is 11.5. The first-order valence-corrected chi connectivity index (χ1v) is 6.87. The lowest BCUT2D eigenvalue weighted by atomic mass is 10.2. The van der Waals surface area contributed by atoms with Crippen molar-refractivity contribution in [3.8, 4) is 0 Å². The minimum Gasteiger partial charge on any atom is -0.392 e. The van der Waals surface area contributed by atoms with Gasteiger partial charge in [-0.05, 0) is 29.8 Å². The molecule has 2 heterocycles. The van der Waals surface area contributed by atoms with Gasteiger partial charge < -0.3 is 10.1 Å². The molecule has 0 radical (unpaired) electrons. The van der Waals surface area contributed by atoms with Crippen LogP contribution in [-0.2, 0) is 13.0 Å². The van der Waals surface area contributed by atoms with E-state index in [-0.39, 0.29) is 12.2 Å². The molecule has 0 aliphatic carbocycles. The molecule has 5 nitrogen and oxygen atoms in total. The molecule has 0 aliphatic rings. The van der Waals surface area contributed by atoms with Crippen LogP contribution in [0.1, 0.15) is 24.6 Å². The maximum atomic E-state index is 11.5. The molecule has 2 aromatic rings. The zero-order chi connectivity index (χ0) is 13.7. The molecule has 19 heavy (non-hydrogen) atoms. The Morgan fingerprint density at radius 3 is 2.89 bits per heavy atom. The molecule has 0 spiro atoms. The molecule has 0 fully saturated rings. The molecule has 0 amide bonds. The summed E-state index contributed by atoms with van der Waals surface area (Å²) in [5.74, 6) is 0. The highest BCUT2D eigenvalue weighted by Gasteiger charge is 2.04. The number of rotatable bonds is 5. The summed E-state index contributed by atoms with van der Waals surface area (Å²) in [4.78, 5) is 22.8. The van der Waals surface area contributed by atoms with Crippen LogP contribution in [0.15, 0.2) is 39.4 Å². The van der Waals surface area contributed by atoms with E-state index in [1.54, 1.807) is 18.3 Å². The highest BCUT2D eigenvalue weighted by molar-refractivity contribution is 7.99. The molecule has 0 aromatic carbocycles. The standard InChI is InChI=1S/C13H15N3O2S/c1-2-3-10-6-11(18)16-13(15-10)19-12-5-4-9(8-17)7-14-12/h4-7,17H,2-3,8H2,1H3,(H,15,16,18). The Morgan fingerprint density at radius 2 is 2.26 bits per heavy atom. The SMILES string of the molecule is CCCc1cc(=O)[nH]c(Sc2ccc(CO)cn2)n1. The van der Waals surface area contributed by atoms with Crippen molar-refractivity contribution in [3.63, 3.8) is 0 Å². The van der Waals surface area contributed by atoms with Gasteiger partial charge in [-0.25, -0.2) is 9.97 Å². The number of pyridine rings is 1. The van der Waals surface area contributed by atoms with E-state index >= 15 is 0 Å². The fourth-order valence-electron chi connectivity index (χ4n) is 1.58. The summed E-state index contributed by atoms with van der Waals surface area (Å²) in [6, 6.07) is 5.11. The predicted octanol–water partition coefficient (Wildman–Crippen LogP) is 1.76. The first kappa shape index (κ1) is 13.8. The molecule has 0 saturated heterocycles. The summed E-state index contributed by atoms with van der Waals surface area (Å²) in [7, 11) is 0. The van der Waals surface area contributed by atoms with Gasteiger partial charge in [-0.15, -0.1) is 0 Å². The summed E-state index contributed by atoms with van der Waals surface area (Å²) in [6.45, 7) is 2.02. The van der Waals surface area contributed by atoms with E-state index in [2.05, 4.69) is 15.0 Å². The van der Waals surface area contributed by atoms with Crippen LogP contribution in [0.4, 0.5) is 0 Å². The topological polar surface area (TPSA) is 78.9 Å². The van der Waals surface area contributed by atoms with E-state index in [1.807, 2.05) is 6.92 Å². The van der Waals surface area contributed by atoms with E-state index in [9.17, 15) is 4.79 Å². The molecule has 0 atom stereocenters. The van der Waals surface area contributed by atoms with Gasteiger partial charge in [0, 0.05) is 18.0 Å². The van der Waals surface area contributed by atoms with E-state index in [4.69, 9.17) is 5.11 Å². The average molecular weight is 277 g/mol. The maximum Gasteiger partial charge on any atom is 0.251 e. The minimum absolute atomic E-state index is 0.0288. The van der Waals surface area contributed by atoms with Crippen LogP contribution in [0.3, 0.4) is 0 Å².